The van der Waals surface area contributed by atoms with Gasteiger partial charge < -0.3 is 28.3 Å². The van der Waals surface area contributed by atoms with Crippen molar-refractivity contribution < 1.29 is 32.8 Å². The van der Waals surface area contributed by atoms with E-state index in [4.69, 9.17) is 13.8 Å². The maximum Gasteiger partial charge on any atom is 0.268 e. The van der Waals surface area contributed by atoms with Crippen LogP contribution in [0.2, 0.25) is 0 Å². The van der Waals surface area contributed by atoms with Crippen LogP contribution in [0.25, 0.3) is 0 Å². The number of hydrogen-bond acceptors (Lipinski definition) is 6. The van der Waals surface area contributed by atoms with Crippen LogP contribution in [0.15, 0.2) is 12.3 Å². The van der Waals surface area contributed by atoms with Gasteiger partial charge in [0.05, 0.1) is 34.0 Å². The Hall–Kier alpha value is -0.430. The van der Waals surface area contributed by atoms with Crippen molar-refractivity contribution in [2.75, 3.05) is 47.5 Å². The highest BCUT2D eigenvalue weighted by Crippen LogP contribution is 2.38. The molecule has 0 saturated heterocycles. The number of phosphoric acid groups is 1. The summed E-state index contributed by atoms with van der Waals surface area (Å²) in [6, 6.07) is 0. The van der Waals surface area contributed by atoms with Crippen molar-refractivity contribution in [2.24, 2.45) is 0 Å². The predicted octanol–water partition coefficient (Wildman–Crippen LogP) is 5.18. The third kappa shape index (κ3) is 24.2. The van der Waals surface area contributed by atoms with Gasteiger partial charge in [0.15, 0.2) is 0 Å². The van der Waals surface area contributed by atoms with E-state index in [1.165, 1.54) is 70.6 Å². The molecule has 0 rings (SSSR count). The number of unbranched alkanes of at least 4 members (excludes halogenated alkanes) is 12. The Balaban J connectivity index is 3.50. The van der Waals surface area contributed by atoms with Crippen LogP contribution in [0, 0.1) is 0 Å². The molecule has 0 amide bonds. The minimum atomic E-state index is -4.40. The van der Waals surface area contributed by atoms with Crippen molar-refractivity contribution in [2.45, 2.75) is 96.5 Å². The molecule has 32 heavy (non-hydrogen) atoms. The van der Waals surface area contributed by atoms with Gasteiger partial charge in [0.2, 0.25) is 0 Å². The van der Waals surface area contributed by atoms with Gasteiger partial charge in [-0.25, -0.2) is 0 Å². The zero-order valence-corrected chi connectivity index (χ0v) is 22.0. The number of aliphatic hydroxyl groups is 1. The van der Waals surface area contributed by atoms with E-state index in [2.05, 4.69) is 6.92 Å². The van der Waals surface area contributed by atoms with E-state index < -0.39 is 13.9 Å². The number of allylic oxidation sites excluding steroid dienone is 1. The molecule has 0 heterocycles. The van der Waals surface area contributed by atoms with Crippen molar-refractivity contribution in [1.82, 2.24) is 0 Å². The second kappa shape index (κ2) is 20.0. The van der Waals surface area contributed by atoms with E-state index in [0.717, 1.165) is 12.8 Å². The molecule has 1 N–H and O–H groups in total. The summed E-state index contributed by atoms with van der Waals surface area (Å²) in [4.78, 5) is 11.7. The molecular formula is C24H50NO6P. The fourth-order valence-corrected chi connectivity index (χ4v) is 3.83. The van der Waals surface area contributed by atoms with Gasteiger partial charge in [-0.3, -0.25) is 4.57 Å². The Bertz CT molecular complexity index is 495. The van der Waals surface area contributed by atoms with E-state index in [9.17, 15) is 14.6 Å². The molecule has 8 heteroatoms. The first-order valence-electron chi connectivity index (χ1n) is 12.5. The maximum absolute atomic E-state index is 11.7. The molecule has 0 spiro atoms. The van der Waals surface area contributed by atoms with E-state index in [-0.39, 0.29) is 19.8 Å². The quantitative estimate of drug-likeness (QED) is 0.0941. The molecule has 0 aromatic heterocycles. The smallest absolute Gasteiger partial charge is 0.268 e. The summed E-state index contributed by atoms with van der Waals surface area (Å²) in [7, 11) is 1.41. The summed E-state index contributed by atoms with van der Waals surface area (Å²) in [5.74, 6) is 0. The molecule has 2 unspecified atom stereocenters. The number of aliphatic hydroxyl groups excluding tert-OH is 1. The third-order valence-corrected chi connectivity index (χ3v) is 6.11. The molecule has 0 radical (unpaired) electrons. The lowest BCUT2D eigenvalue weighted by molar-refractivity contribution is -0.870. The lowest BCUT2D eigenvalue weighted by atomic mass is 10.0. The second-order valence-corrected chi connectivity index (χ2v) is 11.0. The molecule has 0 bridgehead atoms. The van der Waals surface area contributed by atoms with Crippen LogP contribution < -0.4 is 4.89 Å². The zero-order valence-electron chi connectivity index (χ0n) is 21.1. The number of likely N-dealkylation sites (N-methyl/N-ethyl adjacent to an activating group) is 1. The van der Waals surface area contributed by atoms with Gasteiger partial charge in [0.25, 0.3) is 7.82 Å². The first-order chi connectivity index (χ1) is 15.2. The Labute approximate surface area is 197 Å². The zero-order chi connectivity index (χ0) is 24.1. The fourth-order valence-electron chi connectivity index (χ4n) is 3.10. The van der Waals surface area contributed by atoms with Crippen LogP contribution in [0.1, 0.15) is 90.4 Å². The third-order valence-electron chi connectivity index (χ3n) is 5.14. The standard InChI is InChI=1S/C24H50NO6P/c1-5-6-7-8-9-10-11-12-13-14-15-16-17-18-20-29-22-24(26)23-31-32(27,28)30-21-19-25(2,3)4/h18,20,24,26H,5-17,19,21-23H2,1-4H3. The van der Waals surface area contributed by atoms with Crippen LogP contribution in [0.5, 0.6) is 0 Å². The first kappa shape index (κ1) is 31.6. The van der Waals surface area contributed by atoms with Crippen LogP contribution in [-0.4, -0.2) is 63.2 Å². The van der Waals surface area contributed by atoms with Crippen molar-refractivity contribution >= 4 is 7.82 Å². The SMILES string of the molecule is CCCCCCCCCCCCCCC=COCC(O)COP(=O)([O-])OCC[N+](C)(C)C. The minimum absolute atomic E-state index is 0.0200. The van der Waals surface area contributed by atoms with Gasteiger partial charge in [-0.2, -0.15) is 0 Å². The molecule has 0 saturated carbocycles. The van der Waals surface area contributed by atoms with E-state index in [0.29, 0.717) is 11.0 Å². The molecule has 0 aliphatic heterocycles. The van der Waals surface area contributed by atoms with Crippen molar-refractivity contribution in [1.29, 1.82) is 0 Å². The molecule has 0 fully saturated rings. The fraction of sp³-hybridized carbons (Fsp3) is 0.917. The second-order valence-electron chi connectivity index (χ2n) is 9.63. The summed E-state index contributed by atoms with van der Waals surface area (Å²) in [5, 5.41) is 9.78. The van der Waals surface area contributed by atoms with Crippen LogP contribution in [0.4, 0.5) is 0 Å². The molecule has 2 atom stereocenters. The van der Waals surface area contributed by atoms with Gasteiger partial charge >= 0.3 is 0 Å². The van der Waals surface area contributed by atoms with Gasteiger partial charge in [0.1, 0.15) is 25.9 Å². The summed E-state index contributed by atoms with van der Waals surface area (Å²) in [6.45, 7) is 2.43. The Morgan fingerprint density at radius 2 is 1.41 bits per heavy atom. The Morgan fingerprint density at radius 3 is 1.94 bits per heavy atom. The molecule has 192 valence electrons. The number of ether oxygens (including phenoxy) is 1. The summed E-state index contributed by atoms with van der Waals surface area (Å²) in [6.07, 6.45) is 19.4. The Morgan fingerprint density at radius 1 is 0.875 bits per heavy atom. The molecule has 0 aromatic carbocycles. The molecule has 0 aromatic rings. The highest BCUT2D eigenvalue weighted by atomic mass is 31.2. The van der Waals surface area contributed by atoms with E-state index >= 15 is 0 Å². The summed E-state index contributed by atoms with van der Waals surface area (Å²) in [5.41, 5.74) is 0. The van der Waals surface area contributed by atoms with Gasteiger partial charge in [-0.15, -0.1) is 0 Å². The number of phosphoric ester groups is 1. The lowest BCUT2D eigenvalue weighted by Crippen LogP contribution is -2.37. The summed E-state index contributed by atoms with van der Waals surface area (Å²) >= 11 is 0. The number of hydrogen-bond donors (Lipinski definition) is 1. The van der Waals surface area contributed by atoms with Crippen LogP contribution in [0.3, 0.4) is 0 Å². The normalized spacial score (nSPS) is 15.2. The Kier molecular flexibility index (Phi) is 19.7. The summed E-state index contributed by atoms with van der Waals surface area (Å²) < 4.78 is 27.0. The average Bonchev–Trinajstić information content (AvgIpc) is 2.71. The molecule has 0 aliphatic carbocycles. The first-order valence-corrected chi connectivity index (χ1v) is 14.0. The largest absolute Gasteiger partial charge is 0.756 e. The van der Waals surface area contributed by atoms with Crippen LogP contribution >= 0.6 is 7.82 Å². The lowest BCUT2D eigenvalue weighted by Gasteiger charge is -2.27. The predicted molar refractivity (Wildman–Crippen MR) is 129 cm³/mol. The topological polar surface area (TPSA) is 88.0 Å². The van der Waals surface area contributed by atoms with Crippen molar-refractivity contribution in [3.8, 4) is 0 Å². The van der Waals surface area contributed by atoms with Gasteiger partial charge in [-0.1, -0.05) is 77.6 Å². The van der Waals surface area contributed by atoms with Crippen molar-refractivity contribution in [3.05, 3.63) is 12.3 Å². The highest BCUT2D eigenvalue weighted by molar-refractivity contribution is 7.45. The number of nitrogens with zero attached hydrogens (tertiary/aromatic N) is 1. The van der Waals surface area contributed by atoms with E-state index in [1.807, 2.05) is 27.2 Å². The maximum atomic E-state index is 11.7. The average molecular weight is 480 g/mol. The van der Waals surface area contributed by atoms with Gasteiger partial charge in [-0.05, 0) is 18.9 Å². The van der Waals surface area contributed by atoms with Crippen molar-refractivity contribution in [3.63, 3.8) is 0 Å². The minimum Gasteiger partial charge on any atom is -0.756 e. The highest BCUT2D eigenvalue weighted by Gasteiger charge is 2.15. The molecule has 0 aliphatic rings. The monoisotopic (exact) mass is 479 g/mol. The number of quaternary nitrogens is 1. The van der Waals surface area contributed by atoms with Gasteiger partial charge in [0, 0.05) is 0 Å². The molecular weight excluding hydrogens is 429 g/mol. The van der Waals surface area contributed by atoms with Crippen LogP contribution in [-0.2, 0) is 18.3 Å². The van der Waals surface area contributed by atoms with E-state index in [1.54, 1.807) is 6.26 Å². The molecule has 7 nitrogen and oxygen atoms in total. The number of rotatable bonds is 23.